The van der Waals surface area contributed by atoms with Crippen molar-refractivity contribution < 1.29 is 9.90 Å². The van der Waals surface area contributed by atoms with Gasteiger partial charge in [0.25, 0.3) is 5.91 Å². The summed E-state index contributed by atoms with van der Waals surface area (Å²) in [6.07, 6.45) is 1.10. The van der Waals surface area contributed by atoms with Crippen LogP contribution in [0, 0.1) is 0 Å². The lowest BCUT2D eigenvalue weighted by atomic mass is 10.1. The summed E-state index contributed by atoms with van der Waals surface area (Å²) < 4.78 is 1.13. The Morgan fingerprint density at radius 3 is 2.92 bits per heavy atom. The van der Waals surface area contributed by atoms with Gasteiger partial charge in [0.15, 0.2) is 0 Å². The molecule has 0 aliphatic heterocycles. The maximum absolute atomic E-state index is 12.4. The molecule has 0 bridgehead atoms. The van der Waals surface area contributed by atoms with Crippen molar-refractivity contribution in [2.24, 2.45) is 0 Å². The summed E-state index contributed by atoms with van der Waals surface area (Å²) >= 11 is 1.55. The van der Waals surface area contributed by atoms with Gasteiger partial charge in [-0.25, -0.2) is 0 Å². The predicted molar refractivity (Wildman–Crippen MR) is 97.4 cm³/mol. The van der Waals surface area contributed by atoms with Crippen LogP contribution in [-0.2, 0) is 0 Å². The van der Waals surface area contributed by atoms with Gasteiger partial charge in [0.1, 0.15) is 6.10 Å². The molecule has 2 aromatic heterocycles. The number of nitrogens with one attached hydrogen (secondary N) is 2. The summed E-state index contributed by atoms with van der Waals surface area (Å²) in [6, 6.07) is 17.4. The lowest BCUT2D eigenvalue weighted by Crippen LogP contribution is -2.28. The second-order valence-corrected chi connectivity index (χ2v) is 6.77. The van der Waals surface area contributed by atoms with Gasteiger partial charge in [-0.05, 0) is 35.7 Å². The van der Waals surface area contributed by atoms with Gasteiger partial charge in [-0.3, -0.25) is 4.79 Å². The molecule has 1 unspecified atom stereocenters. The number of aromatic amines is 1. The predicted octanol–water partition coefficient (Wildman–Crippen LogP) is 3.85. The highest BCUT2D eigenvalue weighted by Gasteiger charge is 2.15. The zero-order chi connectivity index (χ0) is 16.5. The molecule has 0 saturated carbocycles. The van der Waals surface area contributed by atoms with Crippen LogP contribution in [0.25, 0.3) is 21.0 Å². The van der Waals surface area contributed by atoms with Gasteiger partial charge >= 0.3 is 0 Å². The van der Waals surface area contributed by atoms with Gasteiger partial charge < -0.3 is 15.4 Å². The molecule has 120 valence electrons. The third-order valence-electron chi connectivity index (χ3n) is 4.07. The van der Waals surface area contributed by atoms with Gasteiger partial charge in [0, 0.05) is 38.8 Å². The molecule has 5 heteroatoms. The van der Waals surface area contributed by atoms with Crippen molar-refractivity contribution >= 4 is 38.2 Å². The number of fused-ring (bicyclic) bond motifs is 2. The first-order valence-corrected chi connectivity index (χ1v) is 8.55. The second-order valence-electron chi connectivity index (χ2n) is 5.66. The first-order valence-electron chi connectivity index (χ1n) is 7.73. The number of benzene rings is 2. The van der Waals surface area contributed by atoms with Crippen molar-refractivity contribution in [1.82, 2.24) is 10.3 Å². The normalized spacial score (nSPS) is 12.5. The second kappa shape index (κ2) is 6.11. The topological polar surface area (TPSA) is 65.1 Å². The Hall–Kier alpha value is -2.63. The van der Waals surface area contributed by atoms with E-state index < -0.39 is 6.10 Å². The van der Waals surface area contributed by atoms with E-state index >= 15 is 0 Å². The van der Waals surface area contributed by atoms with Crippen molar-refractivity contribution in [2.45, 2.75) is 6.10 Å². The molecule has 24 heavy (non-hydrogen) atoms. The molecular formula is C19H16N2O2S. The minimum atomic E-state index is -0.711. The molecule has 0 aliphatic carbocycles. The summed E-state index contributed by atoms with van der Waals surface area (Å²) in [5, 5.41) is 15.2. The highest BCUT2D eigenvalue weighted by molar-refractivity contribution is 7.19. The SMILES string of the molecule is O=C(NCC(O)c1cc2ccccc2s1)c1cccc2[nH]ccc12. The van der Waals surface area contributed by atoms with Crippen LogP contribution in [0.4, 0.5) is 0 Å². The maximum atomic E-state index is 12.4. The quantitative estimate of drug-likeness (QED) is 0.530. The molecule has 0 saturated heterocycles. The highest BCUT2D eigenvalue weighted by Crippen LogP contribution is 2.29. The van der Waals surface area contributed by atoms with Crippen LogP contribution in [0.3, 0.4) is 0 Å². The summed E-state index contributed by atoms with van der Waals surface area (Å²) in [4.78, 5) is 16.4. The van der Waals surface area contributed by atoms with E-state index in [0.29, 0.717) is 5.56 Å². The average Bonchev–Trinajstić information content (AvgIpc) is 3.25. The maximum Gasteiger partial charge on any atom is 0.252 e. The minimum Gasteiger partial charge on any atom is -0.386 e. The van der Waals surface area contributed by atoms with Crippen molar-refractivity contribution in [3.05, 3.63) is 71.2 Å². The number of thiophene rings is 1. The monoisotopic (exact) mass is 336 g/mol. The summed E-state index contributed by atoms with van der Waals surface area (Å²) in [7, 11) is 0. The number of rotatable bonds is 4. The van der Waals surface area contributed by atoms with Gasteiger partial charge in [-0.1, -0.05) is 24.3 Å². The molecule has 2 aromatic carbocycles. The van der Waals surface area contributed by atoms with Crippen LogP contribution in [0.5, 0.6) is 0 Å². The summed E-state index contributed by atoms with van der Waals surface area (Å²) in [5.74, 6) is -0.180. The van der Waals surface area contributed by atoms with Gasteiger partial charge in [0.2, 0.25) is 0 Å². The summed E-state index contributed by atoms with van der Waals surface area (Å²) in [5.41, 5.74) is 1.53. The van der Waals surface area contributed by atoms with E-state index in [0.717, 1.165) is 25.9 Å². The van der Waals surface area contributed by atoms with E-state index in [2.05, 4.69) is 10.3 Å². The smallest absolute Gasteiger partial charge is 0.252 e. The minimum absolute atomic E-state index is 0.180. The van der Waals surface area contributed by atoms with Crippen LogP contribution in [0.1, 0.15) is 21.3 Å². The fourth-order valence-electron chi connectivity index (χ4n) is 2.84. The van der Waals surface area contributed by atoms with E-state index in [-0.39, 0.29) is 12.5 Å². The van der Waals surface area contributed by atoms with E-state index in [1.807, 2.05) is 54.7 Å². The average molecular weight is 336 g/mol. The third-order valence-corrected chi connectivity index (χ3v) is 5.29. The third kappa shape index (κ3) is 2.68. The molecule has 1 amide bonds. The first kappa shape index (κ1) is 14.9. The Morgan fingerprint density at radius 1 is 1.17 bits per heavy atom. The molecule has 0 radical (unpaired) electrons. The van der Waals surface area contributed by atoms with Gasteiger partial charge in [0.05, 0.1) is 0 Å². The fourth-order valence-corrected chi connectivity index (χ4v) is 3.89. The molecule has 2 heterocycles. The fraction of sp³-hybridized carbons (Fsp3) is 0.105. The largest absolute Gasteiger partial charge is 0.386 e. The number of H-pyrrole nitrogens is 1. The number of aromatic nitrogens is 1. The number of aliphatic hydroxyl groups is 1. The molecule has 3 N–H and O–H groups in total. The van der Waals surface area contributed by atoms with E-state index in [1.165, 1.54) is 0 Å². The van der Waals surface area contributed by atoms with Crippen molar-refractivity contribution in [3.63, 3.8) is 0 Å². The number of amides is 1. The van der Waals surface area contributed by atoms with E-state index in [9.17, 15) is 9.90 Å². The zero-order valence-corrected chi connectivity index (χ0v) is 13.6. The number of carbonyl (C=O) groups excluding carboxylic acids is 1. The Morgan fingerprint density at radius 2 is 2.04 bits per heavy atom. The molecular weight excluding hydrogens is 320 g/mol. The number of hydrogen-bond donors (Lipinski definition) is 3. The zero-order valence-electron chi connectivity index (χ0n) is 12.8. The number of aliphatic hydroxyl groups excluding tert-OH is 1. The lowest BCUT2D eigenvalue weighted by molar-refractivity contribution is 0.0919. The molecule has 0 spiro atoms. The first-order chi connectivity index (χ1) is 11.7. The van der Waals surface area contributed by atoms with E-state index in [4.69, 9.17) is 0 Å². The lowest BCUT2D eigenvalue weighted by Gasteiger charge is -2.10. The molecule has 4 aromatic rings. The van der Waals surface area contributed by atoms with Crippen molar-refractivity contribution in [1.29, 1.82) is 0 Å². The van der Waals surface area contributed by atoms with E-state index in [1.54, 1.807) is 17.4 Å². The van der Waals surface area contributed by atoms with Crippen LogP contribution in [0.15, 0.2) is 60.8 Å². The molecule has 0 aliphatic rings. The highest BCUT2D eigenvalue weighted by atomic mass is 32.1. The van der Waals surface area contributed by atoms with Gasteiger partial charge in [-0.2, -0.15) is 0 Å². The van der Waals surface area contributed by atoms with Crippen molar-refractivity contribution in [2.75, 3.05) is 6.54 Å². The molecule has 1 atom stereocenters. The Bertz CT molecular complexity index is 985. The van der Waals surface area contributed by atoms with Crippen LogP contribution in [0.2, 0.25) is 0 Å². The number of carbonyl (C=O) groups is 1. The van der Waals surface area contributed by atoms with Gasteiger partial charge in [-0.15, -0.1) is 11.3 Å². The molecule has 4 nitrogen and oxygen atoms in total. The Kier molecular flexibility index (Phi) is 3.80. The summed E-state index contributed by atoms with van der Waals surface area (Å²) in [6.45, 7) is 0.187. The molecule has 4 rings (SSSR count). The van der Waals surface area contributed by atoms with Crippen LogP contribution >= 0.6 is 11.3 Å². The van der Waals surface area contributed by atoms with Crippen molar-refractivity contribution in [3.8, 4) is 0 Å². The van der Waals surface area contributed by atoms with Crippen LogP contribution in [-0.4, -0.2) is 22.5 Å². The standard InChI is InChI=1S/C19H16N2O2S/c22-16(18-10-12-4-1-2-7-17(12)24-18)11-21-19(23)14-5-3-6-15-13(14)8-9-20-15/h1-10,16,20,22H,11H2,(H,21,23). The van der Waals surface area contributed by atoms with Crippen LogP contribution < -0.4 is 5.32 Å². The molecule has 0 fully saturated rings. The Balaban J connectivity index is 1.49. The number of hydrogen-bond acceptors (Lipinski definition) is 3. The Labute approximate surface area is 142 Å².